The van der Waals surface area contributed by atoms with Crippen LogP contribution < -0.4 is 0 Å². The van der Waals surface area contributed by atoms with Gasteiger partial charge in [-0.25, -0.2) is 4.98 Å². The molecule has 0 spiro atoms. The van der Waals surface area contributed by atoms with Gasteiger partial charge in [-0.05, 0) is 44.4 Å². The normalized spacial score (nSPS) is 11.0. The fourth-order valence-corrected chi connectivity index (χ4v) is 3.88. The number of nitrogens with zero attached hydrogens (tertiary/aromatic N) is 2. The summed E-state index contributed by atoms with van der Waals surface area (Å²) in [7, 11) is 0. The van der Waals surface area contributed by atoms with Crippen LogP contribution in [0.25, 0.3) is 28.3 Å². The summed E-state index contributed by atoms with van der Waals surface area (Å²) in [6, 6.07) is 23.3. The Morgan fingerprint density at radius 2 is 1.33 bits per heavy atom. The van der Waals surface area contributed by atoms with Crippen molar-refractivity contribution in [2.75, 3.05) is 0 Å². The van der Waals surface area contributed by atoms with E-state index in [-0.39, 0.29) is 0 Å². The van der Waals surface area contributed by atoms with E-state index in [0.717, 1.165) is 17.1 Å². The van der Waals surface area contributed by atoms with Crippen LogP contribution in [0.4, 0.5) is 0 Å². The van der Waals surface area contributed by atoms with Crippen LogP contribution in [-0.2, 0) is 0 Å². The standard InChI is InChI=1S/C25H24N2/c1-17-14-19(3)24(20(4)15-17)27-16-23(22-13-9-8-10-18(22)2)26-25(27)21-11-6-5-7-12-21/h5-16H,1-4H3. The predicted octanol–water partition coefficient (Wildman–Crippen LogP) is 6.44. The van der Waals surface area contributed by atoms with Gasteiger partial charge in [0.1, 0.15) is 5.82 Å². The van der Waals surface area contributed by atoms with Gasteiger partial charge in [0.25, 0.3) is 0 Å². The summed E-state index contributed by atoms with van der Waals surface area (Å²) in [5, 5.41) is 0. The molecule has 0 N–H and O–H groups in total. The molecule has 0 aliphatic rings. The molecule has 2 heteroatoms. The molecule has 27 heavy (non-hydrogen) atoms. The Kier molecular flexibility index (Phi) is 4.41. The predicted molar refractivity (Wildman–Crippen MR) is 113 cm³/mol. The van der Waals surface area contributed by atoms with Crippen LogP contribution >= 0.6 is 0 Å². The van der Waals surface area contributed by atoms with E-state index >= 15 is 0 Å². The first kappa shape index (κ1) is 17.3. The minimum atomic E-state index is 0.976. The largest absolute Gasteiger partial charge is 0.299 e. The first-order valence-corrected chi connectivity index (χ1v) is 9.33. The number of rotatable bonds is 3. The lowest BCUT2D eigenvalue weighted by Crippen LogP contribution is -2.02. The highest BCUT2D eigenvalue weighted by atomic mass is 15.1. The Hall–Kier alpha value is -3.13. The average Bonchev–Trinajstić information content (AvgIpc) is 3.06. The molecule has 4 aromatic rings. The minimum absolute atomic E-state index is 0.976. The van der Waals surface area contributed by atoms with E-state index in [2.05, 4.69) is 99.1 Å². The van der Waals surface area contributed by atoms with E-state index in [1.165, 1.54) is 33.5 Å². The van der Waals surface area contributed by atoms with Crippen LogP contribution in [0.3, 0.4) is 0 Å². The molecular weight excluding hydrogens is 328 g/mol. The molecule has 0 radical (unpaired) electrons. The van der Waals surface area contributed by atoms with Crippen LogP contribution in [0, 0.1) is 27.7 Å². The number of imidazole rings is 1. The molecule has 0 bridgehead atoms. The van der Waals surface area contributed by atoms with Crippen LogP contribution in [-0.4, -0.2) is 9.55 Å². The lowest BCUT2D eigenvalue weighted by Gasteiger charge is -2.15. The molecule has 0 saturated carbocycles. The van der Waals surface area contributed by atoms with Crippen molar-refractivity contribution in [3.8, 4) is 28.3 Å². The summed E-state index contributed by atoms with van der Waals surface area (Å²) < 4.78 is 2.25. The molecule has 0 aliphatic carbocycles. The lowest BCUT2D eigenvalue weighted by atomic mass is 10.0. The van der Waals surface area contributed by atoms with E-state index in [1.807, 2.05) is 6.07 Å². The Morgan fingerprint density at radius 1 is 0.704 bits per heavy atom. The van der Waals surface area contributed by atoms with Gasteiger partial charge in [0.2, 0.25) is 0 Å². The third kappa shape index (κ3) is 3.19. The molecule has 134 valence electrons. The number of hydrogen-bond acceptors (Lipinski definition) is 1. The van der Waals surface area contributed by atoms with E-state index < -0.39 is 0 Å². The zero-order chi connectivity index (χ0) is 19.0. The van der Waals surface area contributed by atoms with Gasteiger partial charge in [0.05, 0.1) is 11.4 Å². The number of aryl methyl sites for hydroxylation is 4. The SMILES string of the molecule is Cc1cc(C)c(-n2cc(-c3ccccc3C)nc2-c2ccccc2)c(C)c1. The molecule has 4 rings (SSSR count). The lowest BCUT2D eigenvalue weighted by molar-refractivity contribution is 1.03. The summed E-state index contributed by atoms with van der Waals surface area (Å²) in [6.45, 7) is 8.64. The molecule has 3 aromatic carbocycles. The van der Waals surface area contributed by atoms with Crippen molar-refractivity contribution >= 4 is 0 Å². The van der Waals surface area contributed by atoms with Crippen molar-refractivity contribution in [2.24, 2.45) is 0 Å². The van der Waals surface area contributed by atoms with Crippen molar-refractivity contribution in [1.29, 1.82) is 0 Å². The Balaban J connectivity index is 2.00. The molecular formula is C25H24N2. The highest BCUT2D eigenvalue weighted by molar-refractivity contribution is 5.70. The van der Waals surface area contributed by atoms with Gasteiger partial charge in [-0.3, -0.25) is 4.57 Å². The second-order valence-electron chi connectivity index (χ2n) is 7.25. The van der Waals surface area contributed by atoms with Crippen molar-refractivity contribution < 1.29 is 0 Å². The Bertz CT molecular complexity index is 1080. The topological polar surface area (TPSA) is 17.8 Å². The summed E-state index contributed by atoms with van der Waals surface area (Å²) >= 11 is 0. The van der Waals surface area contributed by atoms with Gasteiger partial charge < -0.3 is 0 Å². The van der Waals surface area contributed by atoms with E-state index in [9.17, 15) is 0 Å². The highest BCUT2D eigenvalue weighted by Gasteiger charge is 2.17. The highest BCUT2D eigenvalue weighted by Crippen LogP contribution is 2.32. The third-order valence-electron chi connectivity index (χ3n) is 5.04. The molecule has 2 nitrogen and oxygen atoms in total. The van der Waals surface area contributed by atoms with Crippen molar-refractivity contribution in [2.45, 2.75) is 27.7 Å². The summed E-state index contributed by atoms with van der Waals surface area (Å²) in [6.07, 6.45) is 2.18. The monoisotopic (exact) mass is 352 g/mol. The van der Waals surface area contributed by atoms with E-state index in [0.29, 0.717) is 0 Å². The first-order chi connectivity index (χ1) is 13.0. The van der Waals surface area contributed by atoms with Gasteiger partial charge in [0.15, 0.2) is 0 Å². The van der Waals surface area contributed by atoms with Crippen molar-refractivity contribution in [3.05, 3.63) is 95.2 Å². The van der Waals surface area contributed by atoms with Gasteiger partial charge in [0, 0.05) is 17.3 Å². The molecule has 0 fully saturated rings. The molecule has 0 amide bonds. The fourth-order valence-electron chi connectivity index (χ4n) is 3.88. The number of aromatic nitrogens is 2. The van der Waals surface area contributed by atoms with Gasteiger partial charge in [-0.15, -0.1) is 0 Å². The van der Waals surface area contributed by atoms with Crippen LogP contribution in [0.1, 0.15) is 22.3 Å². The maximum Gasteiger partial charge on any atom is 0.145 e. The summed E-state index contributed by atoms with van der Waals surface area (Å²) in [5.41, 5.74) is 9.57. The van der Waals surface area contributed by atoms with Gasteiger partial charge >= 0.3 is 0 Å². The number of hydrogen-bond donors (Lipinski definition) is 0. The van der Waals surface area contributed by atoms with Crippen LogP contribution in [0.5, 0.6) is 0 Å². The van der Waals surface area contributed by atoms with Gasteiger partial charge in [-0.2, -0.15) is 0 Å². The Labute approximate surface area is 161 Å². The smallest absolute Gasteiger partial charge is 0.145 e. The first-order valence-electron chi connectivity index (χ1n) is 9.33. The zero-order valence-electron chi connectivity index (χ0n) is 16.3. The zero-order valence-corrected chi connectivity index (χ0v) is 16.3. The van der Waals surface area contributed by atoms with Crippen molar-refractivity contribution in [3.63, 3.8) is 0 Å². The minimum Gasteiger partial charge on any atom is -0.299 e. The second-order valence-corrected chi connectivity index (χ2v) is 7.25. The van der Waals surface area contributed by atoms with Gasteiger partial charge in [-0.1, -0.05) is 72.3 Å². The molecule has 0 saturated heterocycles. The molecule has 1 heterocycles. The third-order valence-corrected chi connectivity index (χ3v) is 5.04. The fraction of sp³-hybridized carbons (Fsp3) is 0.160. The average molecular weight is 352 g/mol. The van der Waals surface area contributed by atoms with E-state index in [4.69, 9.17) is 4.98 Å². The van der Waals surface area contributed by atoms with E-state index in [1.54, 1.807) is 0 Å². The Morgan fingerprint density at radius 3 is 2.00 bits per heavy atom. The maximum atomic E-state index is 5.06. The maximum absolute atomic E-state index is 5.06. The van der Waals surface area contributed by atoms with Crippen molar-refractivity contribution in [1.82, 2.24) is 9.55 Å². The van der Waals surface area contributed by atoms with Crippen LogP contribution in [0.15, 0.2) is 72.9 Å². The quantitative estimate of drug-likeness (QED) is 0.415. The molecule has 0 unspecified atom stereocenters. The summed E-state index contributed by atoms with van der Waals surface area (Å²) in [4.78, 5) is 5.06. The van der Waals surface area contributed by atoms with Crippen LogP contribution in [0.2, 0.25) is 0 Å². The second kappa shape index (κ2) is 6.88. The number of benzene rings is 3. The molecule has 0 aliphatic heterocycles. The molecule has 1 aromatic heterocycles. The molecule has 0 atom stereocenters. The summed E-state index contributed by atoms with van der Waals surface area (Å²) in [5.74, 6) is 0.976.